The highest BCUT2D eigenvalue weighted by Gasteiger charge is 2.12. The van der Waals surface area contributed by atoms with E-state index < -0.39 is 0 Å². The Balaban J connectivity index is 2.07. The molecular formula is C14H10Cl2N2OS. The van der Waals surface area contributed by atoms with Gasteiger partial charge in [-0.05, 0) is 55.3 Å². The van der Waals surface area contributed by atoms with Crippen LogP contribution in [0.5, 0.6) is 11.6 Å². The molecule has 0 aliphatic heterocycles. The molecule has 0 saturated heterocycles. The molecule has 3 aromatic rings. The van der Waals surface area contributed by atoms with Gasteiger partial charge in [0, 0.05) is 9.90 Å². The summed E-state index contributed by atoms with van der Waals surface area (Å²) in [6.07, 6.45) is 0. The molecule has 0 unspecified atom stereocenters. The quantitative estimate of drug-likeness (QED) is 0.591. The van der Waals surface area contributed by atoms with Crippen LogP contribution in [0.1, 0.15) is 10.4 Å². The zero-order chi connectivity index (χ0) is 14.3. The predicted molar refractivity (Wildman–Crippen MR) is 83.4 cm³/mol. The van der Waals surface area contributed by atoms with Crippen molar-refractivity contribution in [1.82, 2.24) is 9.97 Å². The van der Waals surface area contributed by atoms with Gasteiger partial charge in [-0.3, -0.25) is 0 Å². The van der Waals surface area contributed by atoms with E-state index >= 15 is 0 Å². The Kier molecular flexibility index (Phi) is 3.54. The number of aromatic nitrogens is 2. The molecule has 0 fully saturated rings. The summed E-state index contributed by atoms with van der Waals surface area (Å²) in [6.45, 7) is 3.93. The third-order valence-electron chi connectivity index (χ3n) is 2.80. The summed E-state index contributed by atoms with van der Waals surface area (Å²) in [5.41, 5.74) is 0.946. The van der Waals surface area contributed by atoms with Crippen LogP contribution in [-0.4, -0.2) is 9.97 Å². The molecule has 1 aromatic carbocycles. The fourth-order valence-corrected chi connectivity index (χ4v) is 3.06. The van der Waals surface area contributed by atoms with Gasteiger partial charge in [0.15, 0.2) is 0 Å². The van der Waals surface area contributed by atoms with Crippen molar-refractivity contribution in [3.8, 4) is 11.6 Å². The first-order valence-electron chi connectivity index (χ1n) is 5.90. The molecule has 0 atom stereocenters. The summed E-state index contributed by atoms with van der Waals surface area (Å²) >= 11 is 13.5. The van der Waals surface area contributed by atoms with E-state index in [4.69, 9.17) is 27.9 Å². The maximum Gasteiger partial charge on any atom is 0.232 e. The summed E-state index contributed by atoms with van der Waals surface area (Å²) in [5, 5.41) is 1.75. The molecule has 2 heterocycles. The number of benzene rings is 1. The zero-order valence-electron chi connectivity index (χ0n) is 10.8. The van der Waals surface area contributed by atoms with Crippen LogP contribution in [0.3, 0.4) is 0 Å². The van der Waals surface area contributed by atoms with E-state index in [-0.39, 0.29) is 5.28 Å². The largest absolute Gasteiger partial charge is 0.438 e. The molecule has 0 aliphatic carbocycles. The highest BCUT2D eigenvalue weighted by atomic mass is 35.5. The van der Waals surface area contributed by atoms with Crippen LogP contribution >= 0.6 is 34.5 Å². The molecule has 3 nitrogen and oxygen atoms in total. The van der Waals surface area contributed by atoms with Crippen molar-refractivity contribution >= 4 is 44.8 Å². The Morgan fingerprint density at radius 1 is 1.10 bits per heavy atom. The van der Waals surface area contributed by atoms with Crippen LogP contribution in [0.25, 0.3) is 10.2 Å². The Morgan fingerprint density at radius 3 is 2.65 bits per heavy atom. The van der Waals surface area contributed by atoms with Crippen molar-refractivity contribution in [3.05, 3.63) is 45.0 Å². The van der Waals surface area contributed by atoms with E-state index in [0.717, 1.165) is 20.7 Å². The number of hydrogen-bond acceptors (Lipinski definition) is 4. The monoisotopic (exact) mass is 324 g/mol. The topological polar surface area (TPSA) is 35.0 Å². The summed E-state index contributed by atoms with van der Waals surface area (Å²) in [5.74, 6) is 1.14. The number of rotatable bonds is 2. The first kappa shape index (κ1) is 13.6. The summed E-state index contributed by atoms with van der Waals surface area (Å²) in [4.78, 5) is 10.3. The number of hydrogen-bond donors (Lipinski definition) is 0. The minimum Gasteiger partial charge on any atom is -0.438 e. The van der Waals surface area contributed by atoms with Crippen LogP contribution in [-0.2, 0) is 0 Å². The first-order chi connectivity index (χ1) is 9.52. The fourth-order valence-electron chi connectivity index (χ4n) is 1.86. The molecule has 2 aromatic heterocycles. The lowest BCUT2D eigenvalue weighted by atomic mass is 10.2. The molecule has 0 radical (unpaired) electrons. The molecule has 0 saturated carbocycles. The number of halogens is 2. The third-order valence-corrected chi connectivity index (χ3v) is 4.34. The number of thiophene rings is 1. The van der Waals surface area contributed by atoms with Crippen LogP contribution in [0.2, 0.25) is 10.3 Å². The third kappa shape index (κ3) is 2.59. The van der Waals surface area contributed by atoms with Gasteiger partial charge >= 0.3 is 0 Å². The van der Waals surface area contributed by atoms with E-state index in [1.54, 1.807) is 23.5 Å². The van der Waals surface area contributed by atoms with Gasteiger partial charge in [0.2, 0.25) is 11.2 Å². The van der Waals surface area contributed by atoms with Crippen molar-refractivity contribution in [1.29, 1.82) is 0 Å². The van der Waals surface area contributed by atoms with Crippen molar-refractivity contribution in [3.63, 3.8) is 0 Å². The minimum absolute atomic E-state index is 0.181. The molecule has 0 N–H and O–H groups in total. The second-order valence-corrected chi connectivity index (χ2v) is 6.37. The second kappa shape index (κ2) is 5.20. The van der Waals surface area contributed by atoms with E-state index in [9.17, 15) is 0 Å². The number of ether oxygens (including phenoxy) is 1. The standard InChI is InChI=1S/C14H10Cl2N2OS/c1-7-5-9(3-4-11(7)15)19-12-10-6-8(2)20-13(10)18-14(16)17-12/h3-6H,1-2H3. The lowest BCUT2D eigenvalue weighted by Crippen LogP contribution is -1.91. The van der Waals surface area contributed by atoms with E-state index in [1.165, 1.54) is 0 Å². The Bertz CT molecular complexity index is 801. The Hall–Kier alpha value is -1.36. The van der Waals surface area contributed by atoms with Crippen LogP contribution < -0.4 is 4.74 Å². The normalized spacial score (nSPS) is 11.0. The number of fused-ring (bicyclic) bond motifs is 1. The summed E-state index contributed by atoms with van der Waals surface area (Å²) in [7, 11) is 0. The highest BCUT2D eigenvalue weighted by Crippen LogP contribution is 2.34. The average molecular weight is 325 g/mol. The second-order valence-electron chi connectivity index (χ2n) is 4.39. The summed E-state index contributed by atoms with van der Waals surface area (Å²) in [6, 6.07) is 7.46. The van der Waals surface area contributed by atoms with Gasteiger partial charge in [0.05, 0.1) is 5.39 Å². The maximum absolute atomic E-state index is 6.01. The van der Waals surface area contributed by atoms with E-state index in [0.29, 0.717) is 16.7 Å². The molecule has 6 heteroatoms. The van der Waals surface area contributed by atoms with Crippen LogP contribution in [0.15, 0.2) is 24.3 Å². The van der Waals surface area contributed by atoms with Crippen LogP contribution in [0.4, 0.5) is 0 Å². The Labute approximate surface area is 130 Å². The summed E-state index contributed by atoms with van der Waals surface area (Å²) < 4.78 is 5.83. The maximum atomic E-state index is 6.01. The number of nitrogens with zero attached hydrogens (tertiary/aromatic N) is 2. The van der Waals surface area contributed by atoms with Crippen LogP contribution in [0, 0.1) is 13.8 Å². The van der Waals surface area contributed by atoms with Crippen molar-refractivity contribution in [2.75, 3.05) is 0 Å². The van der Waals surface area contributed by atoms with Gasteiger partial charge in [0.25, 0.3) is 0 Å². The van der Waals surface area contributed by atoms with Gasteiger partial charge in [-0.15, -0.1) is 11.3 Å². The molecule has 20 heavy (non-hydrogen) atoms. The number of aryl methyl sites for hydroxylation is 2. The van der Waals surface area contributed by atoms with E-state index in [2.05, 4.69) is 9.97 Å². The van der Waals surface area contributed by atoms with Gasteiger partial charge in [-0.25, -0.2) is 4.98 Å². The lowest BCUT2D eigenvalue weighted by molar-refractivity contribution is 0.468. The van der Waals surface area contributed by atoms with Gasteiger partial charge in [-0.2, -0.15) is 4.98 Å². The fraction of sp³-hybridized carbons (Fsp3) is 0.143. The lowest BCUT2D eigenvalue weighted by Gasteiger charge is -2.07. The Morgan fingerprint density at radius 2 is 1.90 bits per heavy atom. The van der Waals surface area contributed by atoms with E-state index in [1.807, 2.05) is 26.0 Å². The van der Waals surface area contributed by atoms with Gasteiger partial charge < -0.3 is 4.74 Å². The van der Waals surface area contributed by atoms with Crippen molar-refractivity contribution in [2.24, 2.45) is 0 Å². The highest BCUT2D eigenvalue weighted by molar-refractivity contribution is 7.18. The SMILES string of the molecule is Cc1cc2c(Oc3ccc(Cl)c(C)c3)nc(Cl)nc2s1. The van der Waals surface area contributed by atoms with Crippen molar-refractivity contribution < 1.29 is 4.74 Å². The van der Waals surface area contributed by atoms with Gasteiger partial charge in [-0.1, -0.05) is 11.6 Å². The minimum atomic E-state index is 0.181. The molecule has 0 aliphatic rings. The molecule has 0 spiro atoms. The molecule has 0 amide bonds. The molecule has 0 bridgehead atoms. The zero-order valence-corrected chi connectivity index (χ0v) is 13.1. The smallest absolute Gasteiger partial charge is 0.232 e. The molecular weight excluding hydrogens is 315 g/mol. The molecule has 102 valence electrons. The predicted octanol–water partition coefficient (Wildman–Crippen LogP) is 5.41. The first-order valence-corrected chi connectivity index (χ1v) is 7.48. The van der Waals surface area contributed by atoms with Crippen molar-refractivity contribution in [2.45, 2.75) is 13.8 Å². The van der Waals surface area contributed by atoms with Gasteiger partial charge in [0.1, 0.15) is 10.6 Å². The molecule has 3 rings (SSSR count). The average Bonchev–Trinajstić information content (AvgIpc) is 2.74.